The molecule has 1 aliphatic rings. The molecule has 0 fully saturated rings. The Hall–Kier alpha value is -2.23. The van der Waals surface area contributed by atoms with Gasteiger partial charge in [-0.05, 0) is 52.2 Å². The molecule has 0 saturated heterocycles. The van der Waals surface area contributed by atoms with E-state index in [0.717, 1.165) is 36.6 Å². The van der Waals surface area contributed by atoms with Gasteiger partial charge in [0.2, 0.25) is 0 Å². The second-order valence-electron chi connectivity index (χ2n) is 6.45. The lowest BCUT2D eigenvalue weighted by molar-refractivity contribution is -0.129. The van der Waals surface area contributed by atoms with Gasteiger partial charge in [0.1, 0.15) is 11.5 Å². The van der Waals surface area contributed by atoms with Crippen molar-refractivity contribution in [1.82, 2.24) is 5.32 Å². The largest absolute Gasteiger partial charge is 0.507 e. The Bertz CT molecular complexity index is 595. The number of aliphatic hydroxyl groups is 1. The van der Waals surface area contributed by atoms with Crippen LogP contribution in [-0.4, -0.2) is 16.6 Å². The third kappa shape index (κ3) is 4.65. The second-order valence-corrected chi connectivity index (χ2v) is 6.45. The topological polar surface area (TPSA) is 58.6 Å². The van der Waals surface area contributed by atoms with Gasteiger partial charge in [0.05, 0.1) is 6.08 Å². The molecule has 4 heteroatoms. The number of rotatable bonds is 4. The Kier molecular flexibility index (Phi) is 4.91. The van der Waals surface area contributed by atoms with Crippen LogP contribution in [0.3, 0.4) is 0 Å². The number of para-hydroxylation sites is 1. The fourth-order valence-corrected chi connectivity index (χ4v) is 2.45. The van der Waals surface area contributed by atoms with E-state index in [-0.39, 0.29) is 11.3 Å². The first-order valence-electron chi connectivity index (χ1n) is 7.53. The van der Waals surface area contributed by atoms with Crippen LogP contribution in [0.2, 0.25) is 0 Å². The van der Waals surface area contributed by atoms with Gasteiger partial charge in [-0.3, -0.25) is 0 Å². The lowest BCUT2D eigenvalue weighted by Crippen LogP contribution is -2.35. The number of hydrogen-bond donors (Lipinski definition) is 2. The maximum atomic E-state index is 11.9. The van der Waals surface area contributed by atoms with Gasteiger partial charge < -0.3 is 15.2 Å². The molecule has 0 spiro atoms. The van der Waals surface area contributed by atoms with Crippen LogP contribution in [-0.2, 0) is 4.79 Å². The molecule has 0 radical (unpaired) electrons. The fraction of sp³-hybridized carbons (Fsp3) is 0.389. The fourth-order valence-electron chi connectivity index (χ4n) is 2.45. The first kappa shape index (κ1) is 16.1. The lowest BCUT2D eigenvalue weighted by atomic mass is 10.1. The van der Waals surface area contributed by atoms with Crippen molar-refractivity contribution in [2.75, 3.05) is 0 Å². The van der Waals surface area contributed by atoms with Crippen LogP contribution in [0.25, 0.3) is 0 Å². The highest BCUT2D eigenvalue weighted by Gasteiger charge is 2.22. The quantitative estimate of drug-likeness (QED) is 0.384. The molecule has 0 saturated carbocycles. The number of carbonyl (C=O) groups is 1. The summed E-state index contributed by atoms with van der Waals surface area (Å²) in [6, 6.07) is 8.82. The molecule has 22 heavy (non-hydrogen) atoms. The summed E-state index contributed by atoms with van der Waals surface area (Å²) in [4.78, 5) is 11.9. The van der Waals surface area contributed by atoms with Gasteiger partial charge in [0.25, 0.3) is 0 Å². The van der Waals surface area contributed by atoms with E-state index in [1.807, 2.05) is 6.07 Å². The number of esters is 1. The predicted octanol–water partition coefficient (Wildman–Crippen LogP) is 3.86. The van der Waals surface area contributed by atoms with E-state index in [0.29, 0.717) is 5.75 Å². The molecule has 0 unspecified atom stereocenters. The Morgan fingerprint density at radius 1 is 1.23 bits per heavy atom. The molecular weight excluding hydrogens is 278 g/mol. The summed E-state index contributed by atoms with van der Waals surface area (Å²) in [5, 5.41) is 13.6. The monoisotopic (exact) mass is 301 g/mol. The predicted molar refractivity (Wildman–Crippen MR) is 86.6 cm³/mol. The average molecular weight is 301 g/mol. The van der Waals surface area contributed by atoms with Crippen LogP contribution in [0.1, 0.15) is 40.0 Å². The zero-order valence-corrected chi connectivity index (χ0v) is 13.3. The van der Waals surface area contributed by atoms with Crippen molar-refractivity contribution in [2.45, 2.75) is 45.6 Å². The first-order chi connectivity index (χ1) is 10.3. The van der Waals surface area contributed by atoms with Gasteiger partial charge in [-0.25, -0.2) is 4.79 Å². The summed E-state index contributed by atoms with van der Waals surface area (Å²) in [6.45, 7) is 6.21. The number of carbonyl (C=O) groups excluding carboxylic acids is 1. The van der Waals surface area contributed by atoms with Crippen molar-refractivity contribution in [1.29, 1.82) is 0 Å². The molecule has 0 amide bonds. The molecule has 1 aliphatic carbocycles. The standard InChI is InChI=1S/C18H23NO3/c1-18(2,3)19-15-11-7-10-14(15)16(20)12-17(21)22-13-8-5-4-6-9-13/h4-6,8-9,12,19-20H,7,10-11H2,1-3H3/b16-12+. The SMILES string of the molecule is CC(C)(C)NC1=C(/C(O)=C\C(=O)Oc2ccccc2)CCC1. The number of hydrogen-bond acceptors (Lipinski definition) is 4. The number of aliphatic hydroxyl groups excluding tert-OH is 1. The minimum atomic E-state index is -0.571. The molecule has 0 atom stereocenters. The van der Waals surface area contributed by atoms with Crippen LogP contribution < -0.4 is 10.1 Å². The van der Waals surface area contributed by atoms with Crippen molar-refractivity contribution in [2.24, 2.45) is 0 Å². The highest BCUT2D eigenvalue weighted by Crippen LogP contribution is 2.30. The van der Waals surface area contributed by atoms with Crippen LogP contribution >= 0.6 is 0 Å². The molecule has 0 bridgehead atoms. The van der Waals surface area contributed by atoms with E-state index < -0.39 is 5.97 Å². The number of ether oxygens (including phenoxy) is 1. The molecular formula is C18H23NO3. The molecule has 2 N–H and O–H groups in total. The molecule has 1 aromatic rings. The molecule has 118 valence electrons. The van der Waals surface area contributed by atoms with E-state index in [1.54, 1.807) is 24.3 Å². The maximum absolute atomic E-state index is 11.9. The molecule has 1 aromatic carbocycles. The first-order valence-corrected chi connectivity index (χ1v) is 7.53. The van der Waals surface area contributed by atoms with Gasteiger partial charge in [0.15, 0.2) is 0 Å². The highest BCUT2D eigenvalue weighted by atomic mass is 16.5. The highest BCUT2D eigenvalue weighted by molar-refractivity contribution is 5.85. The molecule has 0 aliphatic heterocycles. The summed E-state index contributed by atoms with van der Waals surface area (Å²) in [5.41, 5.74) is 1.74. The normalized spacial score (nSPS) is 15.9. The van der Waals surface area contributed by atoms with E-state index in [4.69, 9.17) is 4.74 Å². The van der Waals surface area contributed by atoms with Crippen molar-refractivity contribution < 1.29 is 14.6 Å². The Morgan fingerprint density at radius 3 is 2.55 bits per heavy atom. The summed E-state index contributed by atoms with van der Waals surface area (Å²) in [6.07, 6.45) is 3.77. The summed E-state index contributed by atoms with van der Waals surface area (Å²) < 4.78 is 5.16. The average Bonchev–Trinajstić information content (AvgIpc) is 2.85. The van der Waals surface area contributed by atoms with Crippen LogP contribution in [0, 0.1) is 0 Å². The molecule has 2 rings (SSSR count). The lowest BCUT2D eigenvalue weighted by Gasteiger charge is -2.24. The van der Waals surface area contributed by atoms with Crippen LogP contribution in [0.4, 0.5) is 0 Å². The summed E-state index contributed by atoms with van der Waals surface area (Å²) >= 11 is 0. The number of nitrogens with one attached hydrogen (secondary N) is 1. The molecule has 0 heterocycles. The van der Waals surface area contributed by atoms with E-state index in [9.17, 15) is 9.90 Å². The van der Waals surface area contributed by atoms with Gasteiger partial charge in [-0.15, -0.1) is 0 Å². The second kappa shape index (κ2) is 6.69. The maximum Gasteiger partial charge on any atom is 0.339 e. The Morgan fingerprint density at radius 2 is 1.91 bits per heavy atom. The Balaban J connectivity index is 2.10. The minimum absolute atomic E-state index is 0.00909. The number of allylic oxidation sites excluding steroid dienone is 2. The Labute approximate surface area is 131 Å². The molecule has 0 aromatic heterocycles. The third-order valence-corrected chi connectivity index (χ3v) is 3.27. The smallest absolute Gasteiger partial charge is 0.339 e. The van der Waals surface area contributed by atoms with E-state index in [2.05, 4.69) is 26.1 Å². The third-order valence-electron chi connectivity index (χ3n) is 3.27. The van der Waals surface area contributed by atoms with Crippen molar-refractivity contribution in [3.05, 3.63) is 53.4 Å². The zero-order chi connectivity index (χ0) is 16.2. The van der Waals surface area contributed by atoms with Gasteiger partial charge in [-0.2, -0.15) is 0 Å². The van der Waals surface area contributed by atoms with Gasteiger partial charge in [-0.1, -0.05) is 18.2 Å². The van der Waals surface area contributed by atoms with Gasteiger partial charge in [0, 0.05) is 16.8 Å². The van der Waals surface area contributed by atoms with Crippen LogP contribution in [0.15, 0.2) is 53.4 Å². The molecule has 4 nitrogen and oxygen atoms in total. The van der Waals surface area contributed by atoms with Crippen molar-refractivity contribution >= 4 is 5.97 Å². The summed E-state index contributed by atoms with van der Waals surface area (Å²) in [7, 11) is 0. The van der Waals surface area contributed by atoms with Gasteiger partial charge >= 0.3 is 5.97 Å². The summed E-state index contributed by atoms with van der Waals surface area (Å²) in [5.74, 6) is -0.117. The van der Waals surface area contributed by atoms with Crippen molar-refractivity contribution in [3.63, 3.8) is 0 Å². The number of benzene rings is 1. The van der Waals surface area contributed by atoms with Crippen molar-refractivity contribution in [3.8, 4) is 5.75 Å². The van der Waals surface area contributed by atoms with Crippen LogP contribution in [0.5, 0.6) is 5.75 Å². The van der Waals surface area contributed by atoms with E-state index >= 15 is 0 Å². The van der Waals surface area contributed by atoms with E-state index in [1.165, 1.54) is 0 Å². The zero-order valence-electron chi connectivity index (χ0n) is 13.3. The minimum Gasteiger partial charge on any atom is -0.507 e.